The van der Waals surface area contributed by atoms with Crippen molar-refractivity contribution >= 4 is 0 Å². The summed E-state index contributed by atoms with van der Waals surface area (Å²) in [5, 5.41) is 0. The Morgan fingerprint density at radius 3 is 2.53 bits per heavy atom. The number of ether oxygens (including phenoxy) is 4. The molecule has 0 aromatic heterocycles. The van der Waals surface area contributed by atoms with E-state index in [0.29, 0.717) is 23.7 Å². The first-order valence-electron chi connectivity index (χ1n) is 10.0. The van der Waals surface area contributed by atoms with Crippen LogP contribution in [0.3, 0.4) is 0 Å². The summed E-state index contributed by atoms with van der Waals surface area (Å²) in [6.45, 7) is 6.40. The number of rotatable bonds is 6. The molecule has 2 unspecified atom stereocenters. The Kier molecular flexibility index (Phi) is 5.90. The lowest BCUT2D eigenvalue weighted by molar-refractivity contribution is -0.0280. The van der Waals surface area contributed by atoms with Gasteiger partial charge in [-0.05, 0) is 31.9 Å². The maximum absolute atomic E-state index is 15.0. The van der Waals surface area contributed by atoms with Gasteiger partial charge in [0.15, 0.2) is 23.0 Å². The molecule has 0 bridgehead atoms. The largest absolute Gasteiger partial charge is 0.491 e. The minimum Gasteiger partial charge on any atom is -0.491 e. The molecule has 2 aromatic carbocycles. The van der Waals surface area contributed by atoms with E-state index in [9.17, 15) is 8.78 Å². The third-order valence-corrected chi connectivity index (χ3v) is 5.40. The van der Waals surface area contributed by atoms with Crippen LogP contribution in [0.2, 0.25) is 0 Å². The Bertz CT molecular complexity index is 952. The lowest BCUT2D eigenvalue weighted by Crippen LogP contribution is -2.30. The van der Waals surface area contributed by atoms with Gasteiger partial charge in [-0.2, -0.15) is 13.2 Å². The van der Waals surface area contributed by atoms with Gasteiger partial charge in [0.05, 0.1) is 19.3 Å². The molecular weight excluding hydrogens is 397 g/mol. The molecule has 4 rings (SSSR count). The van der Waals surface area contributed by atoms with Gasteiger partial charge in [-0.1, -0.05) is 12.1 Å². The lowest BCUT2D eigenvalue weighted by atomic mass is 9.98. The lowest BCUT2D eigenvalue weighted by Gasteiger charge is -2.27. The van der Waals surface area contributed by atoms with E-state index in [-0.39, 0.29) is 48.7 Å². The van der Waals surface area contributed by atoms with Gasteiger partial charge < -0.3 is 18.9 Å². The number of benzene rings is 2. The van der Waals surface area contributed by atoms with Crippen molar-refractivity contribution in [2.75, 3.05) is 19.8 Å². The van der Waals surface area contributed by atoms with Crippen LogP contribution < -0.4 is 14.2 Å². The highest BCUT2D eigenvalue weighted by molar-refractivity contribution is 5.55. The van der Waals surface area contributed by atoms with Crippen molar-refractivity contribution < 1.29 is 32.1 Å². The van der Waals surface area contributed by atoms with Gasteiger partial charge in [0.2, 0.25) is 17.5 Å². The molecule has 0 spiro atoms. The van der Waals surface area contributed by atoms with Gasteiger partial charge in [0.25, 0.3) is 0 Å². The Balaban J connectivity index is 1.52. The molecule has 30 heavy (non-hydrogen) atoms. The zero-order valence-corrected chi connectivity index (χ0v) is 16.7. The summed E-state index contributed by atoms with van der Waals surface area (Å²) in [6.07, 6.45) is 3.66. The fraction of sp³-hybridized carbons (Fsp3) is 0.391. The Labute approximate surface area is 173 Å². The van der Waals surface area contributed by atoms with E-state index in [1.165, 1.54) is 12.1 Å². The van der Waals surface area contributed by atoms with Gasteiger partial charge in [0.1, 0.15) is 6.61 Å². The monoisotopic (exact) mass is 420 g/mol. The Morgan fingerprint density at radius 2 is 1.83 bits per heavy atom. The van der Waals surface area contributed by atoms with E-state index >= 15 is 4.39 Å². The molecule has 2 atom stereocenters. The van der Waals surface area contributed by atoms with E-state index < -0.39 is 17.5 Å². The van der Waals surface area contributed by atoms with E-state index in [1.807, 2.05) is 6.08 Å². The highest BCUT2D eigenvalue weighted by atomic mass is 19.2. The summed E-state index contributed by atoms with van der Waals surface area (Å²) in [5.41, 5.74) is 0.911. The van der Waals surface area contributed by atoms with Gasteiger partial charge in [-0.15, -0.1) is 6.58 Å². The van der Waals surface area contributed by atoms with Crippen molar-refractivity contribution in [2.24, 2.45) is 5.92 Å². The van der Waals surface area contributed by atoms with Crippen molar-refractivity contribution in [3.63, 3.8) is 0 Å². The molecule has 1 saturated heterocycles. The number of hydrogen-bond donors (Lipinski definition) is 0. The molecule has 0 saturated carbocycles. The Hall–Kier alpha value is -2.67. The summed E-state index contributed by atoms with van der Waals surface area (Å²) in [6, 6.07) is 4.56. The molecule has 160 valence electrons. The van der Waals surface area contributed by atoms with Crippen LogP contribution in [0.4, 0.5) is 13.2 Å². The predicted octanol–water partition coefficient (Wildman–Crippen LogP) is 5.56. The van der Waals surface area contributed by atoms with Crippen LogP contribution in [0.25, 0.3) is 0 Å². The average molecular weight is 420 g/mol. The summed E-state index contributed by atoms with van der Waals surface area (Å²) < 4.78 is 65.6. The smallest absolute Gasteiger partial charge is 0.207 e. The number of hydrogen-bond acceptors (Lipinski definition) is 4. The molecule has 1 fully saturated rings. The normalized spacial score (nSPS) is 20.0. The molecule has 0 radical (unpaired) electrons. The molecular formula is C23H23F3O4. The van der Waals surface area contributed by atoms with Gasteiger partial charge in [-0.3, -0.25) is 0 Å². The number of halogens is 3. The number of fused-ring (bicyclic) bond motifs is 2. The second kappa shape index (κ2) is 8.60. The van der Waals surface area contributed by atoms with Gasteiger partial charge in [-0.25, -0.2) is 0 Å². The predicted molar refractivity (Wildman–Crippen MR) is 105 cm³/mol. The first kappa shape index (κ1) is 20.6. The van der Waals surface area contributed by atoms with E-state index in [1.54, 1.807) is 13.0 Å². The van der Waals surface area contributed by atoms with Crippen molar-refractivity contribution in [1.29, 1.82) is 0 Å². The molecule has 2 aliphatic rings. The van der Waals surface area contributed by atoms with E-state index in [4.69, 9.17) is 18.9 Å². The molecule has 2 aromatic rings. The minimum absolute atomic E-state index is 0.0153. The first-order chi connectivity index (χ1) is 14.5. The zero-order chi connectivity index (χ0) is 21.3. The topological polar surface area (TPSA) is 36.9 Å². The summed E-state index contributed by atoms with van der Waals surface area (Å²) >= 11 is 0. The molecule has 2 aliphatic heterocycles. The molecule has 0 amide bonds. The van der Waals surface area contributed by atoms with Crippen LogP contribution in [0, 0.1) is 23.4 Å². The SMILES string of the molecule is C=CC1CCC(COc2ccc3c(c2F)Oc2c(cc(OCC)c(F)c2F)C3)OC1. The molecule has 4 nitrogen and oxygen atoms in total. The van der Waals surface area contributed by atoms with Crippen molar-refractivity contribution in [3.8, 4) is 23.0 Å². The minimum atomic E-state index is -1.19. The van der Waals surface area contributed by atoms with Crippen LogP contribution in [0.15, 0.2) is 30.9 Å². The average Bonchev–Trinajstić information content (AvgIpc) is 2.76. The first-order valence-corrected chi connectivity index (χ1v) is 10.0. The maximum atomic E-state index is 15.0. The van der Waals surface area contributed by atoms with Gasteiger partial charge in [0, 0.05) is 23.5 Å². The maximum Gasteiger partial charge on any atom is 0.207 e. The van der Waals surface area contributed by atoms with E-state index in [2.05, 4.69) is 6.58 Å². The summed E-state index contributed by atoms with van der Waals surface area (Å²) in [4.78, 5) is 0. The summed E-state index contributed by atoms with van der Waals surface area (Å²) in [7, 11) is 0. The highest BCUT2D eigenvalue weighted by Gasteiger charge is 2.29. The molecule has 7 heteroatoms. The Morgan fingerprint density at radius 1 is 1.03 bits per heavy atom. The fourth-order valence-corrected chi connectivity index (χ4v) is 3.71. The quantitative estimate of drug-likeness (QED) is 0.490. The molecule has 0 N–H and O–H groups in total. The second-order valence-corrected chi connectivity index (χ2v) is 7.41. The van der Waals surface area contributed by atoms with Crippen LogP contribution in [0.1, 0.15) is 30.9 Å². The van der Waals surface area contributed by atoms with Crippen molar-refractivity contribution in [2.45, 2.75) is 32.3 Å². The van der Waals surface area contributed by atoms with Crippen LogP contribution in [-0.2, 0) is 11.2 Å². The van der Waals surface area contributed by atoms with Crippen LogP contribution in [0.5, 0.6) is 23.0 Å². The summed E-state index contributed by atoms with van der Waals surface area (Å²) in [5.74, 6) is -3.45. The molecule has 0 aliphatic carbocycles. The van der Waals surface area contributed by atoms with Crippen molar-refractivity contribution in [1.82, 2.24) is 0 Å². The van der Waals surface area contributed by atoms with Crippen LogP contribution in [-0.4, -0.2) is 25.9 Å². The van der Waals surface area contributed by atoms with Crippen LogP contribution >= 0.6 is 0 Å². The molecule has 2 heterocycles. The van der Waals surface area contributed by atoms with E-state index in [0.717, 1.165) is 12.8 Å². The highest BCUT2D eigenvalue weighted by Crippen LogP contribution is 2.44. The third-order valence-electron chi connectivity index (χ3n) is 5.40. The second-order valence-electron chi connectivity index (χ2n) is 7.41. The fourth-order valence-electron chi connectivity index (χ4n) is 3.71. The third kappa shape index (κ3) is 3.86. The zero-order valence-electron chi connectivity index (χ0n) is 16.7. The van der Waals surface area contributed by atoms with Gasteiger partial charge >= 0.3 is 0 Å². The standard InChI is InChI=1S/C23H23F3O4/c1-3-13-5-7-16(28-11-13)12-29-17-8-6-14-9-15-10-18(27-4-2)19(24)21(26)23(15)30-22(14)20(17)25/h3,6,8,10,13,16H,1,4-5,7,9,11-12H2,2H3. The van der Waals surface area contributed by atoms with Crippen molar-refractivity contribution in [3.05, 3.63) is 59.4 Å².